The second-order valence-corrected chi connectivity index (χ2v) is 4.85. The molecule has 0 saturated carbocycles. The highest BCUT2D eigenvalue weighted by molar-refractivity contribution is 7.98. The molecule has 0 unspecified atom stereocenters. The summed E-state index contributed by atoms with van der Waals surface area (Å²) in [6.07, 6.45) is 0. The normalized spacial score (nSPS) is 12.7. The van der Waals surface area contributed by atoms with Crippen LogP contribution in [0.25, 0.3) is 0 Å². The Morgan fingerprint density at radius 1 is 1.38 bits per heavy atom. The van der Waals surface area contributed by atoms with Crippen molar-refractivity contribution in [2.24, 2.45) is 0 Å². The van der Waals surface area contributed by atoms with Gasteiger partial charge in [0.05, 0.1) is 0 Å². The third-order valence-electron chi connectivity index (χ3n) is 2.30. The van der Waals surface area contributed by atoms with Crippen molar-refractivity contribution < 1.29 is 9.90 Å². The molecule has 0 saturated heterocycles. The van der Waals surface area contributed by atoms with Gasteiger partial charge in [-0.1, -0.05) is 30.3 Å². The summed E-state index contributed by atoms with van der Waals surface area (Å²) in [4.78, 5) is 12.7. The molecule has 0 bridgehead atoms. The molecule has 0 aromatic heterocycles. The summed E-state index contributed by atoms with van der Waals surface area (Å²) in [5, 5.41) is 8.99. The molecule has 1 aromatic carbocycles. The van der Waals surface area contributed by atoms with Gasteiger partial charge in [-0.3, -0.25) is 9.69 Å². The van der Waals surface area contributed by atoms with Gasteiger partial charge in [0.15, 0.2) is 0 Å². The summed E-state index contributed by atoms with van der Waals surface area (Å²) in [5.74, 6) is 0.709. The molecule has 1 atom stereocenters. The number of carboxylic acids is 1. The van der Waals surface area contributed by atoms with Crippen molar-refractivity contribution in [1.82, 2.24) is 4.90 Å². The minimum atomic E-state index is -0.759. The van der Waals surface area contributed by atoms with E-state index in [1.54, 1.807) is 30.8 Å². The summed E-state index contributed by atoms with van der Waals surface area (Å²) in [6, 6.07) is 9.67. The van der Waals surface area contributed by atoms with Crippen LogP contribution in [0.1, 0.15) is 5.56 Å². The molecule has 1 rings (SSSR count). The summed E-state index contributed by atoms with van der Waals surface area (Å²) >= 11 is 1.65. The zero-order chi connectivity index (χ0) is 12.0. The van der Waals surface area contributed by atoms with Gasteiger partial charge in [-0.05, 0) is 19.7 Å². The Morgan fingerprint density at radius 2 is 2.00 bits per heavy atom. The first kappa shape index (κ1) is 13.1. The van der Waals surface area contributed by atoms with Gasteiger partial charge in [0.25, 0.3) is 0 Å². The molecule has 0 aliphatic carbocycles. The first-order valence-electron chi connectivity index (χ1n) is 5.12. The molecule has 16 heavy (non-hydrogen) atoms. The predicted octanol–water partition coefficient (Wildman–Crippen LogP) is 1.93. The van der Waals surface area contributed by atoms with E-state index in [9.17, 15) is 4.79 Å². The van der Waals surface area contributed by atoms with Crippen LogP contribution in [0.15, 0.2) is 30.3 Å². The Hall–Kier alpha value is -1.00. The summed E-state index contributed by atoms with van der Waals surface area (Å²) in [5.41, 5.74) is 1.23. The van der Waals surface area contributed by atoms with Gasteiger partial charge >= 0.3 is 5.97 Å². The Kier molecular flexibility index (Phi) is 5.35. The minimum absolute atomic E-state index is 0.409. The fourth-order valence-electron chi connectivity index (χ4n) is 1.30. The Labute approximate surface area is 100 Å². The lowest BCUT2D eigenvalue weighted by atomic mass is 10.2. The van der Waals surface area contributed by atoms with Crippen LogP contribution in [0, 0.1) is 0 Å². The number of hydrogen-bond donors (Lipinski definition) is 1. The van der Waals surface area contributed by atoms with Crippen LogP contribution < -0.4 is 0 Å². The molecule has 0 heterocycles. The molecule has 4 heteroatoms. The molecule has 3 nitrogen and oxygen atoms in total. The Balaban J connectivity index is 2.37. The molecule has 0 spiro atoms. The largest absolute Gasteiger partial charge is 0.480 e. The zero-order valence-electron chi connectivity index (χ0n) is 9.59. The van der Waals surface area contributed by atoms with Crippen LogP contribution in [-0.4, -0.2) is 41.9 Å². The third kappa shape index (κ3) is 4.24. The van der Waals surface area contributed by atoms with Gasteiger partial charge in [0.1, 0.15) is 6.04 Å². The van der Waals surface area contributed by atoms with Crippen molar-refractivity contribution in [3.05, 3.63) is 35.9 Å². The quantitative estimate of drug-likeness (QED) is 0.823. The van der Waals surface area contributed by atoms with E-state index in [-0.39, 0.29) is 0 Å². The number of carboxylic acid groups (broad SMARTS) is 1. The van der Waals surface area contributed by atoms with Gasteiger partial charge in [0.2, 0.25) is 0 Å². The van der Waals surface area contributed by atoms with Crippen molar-refractivity contribution in [3.8, 4) is 0 Å². The van der Waals surface area contributed by atoms with Gasteiger partial charge in [-0.2, -0.15) is 11.8 Å². The van der Waals surface area contributed by atoms with Crippen LogP contribution in [-0.2, 0) is 10.5 Å². The monoisotopic (exact) mass is 239 g/mol. The van der Waals surface area contributed by atoms with Crippen molar-refractivity contribution in [1.29, 1.82) is 0 Å². The molecular formula is C12H17NO2S. The minimum Gasteiger partial charge on any atom is -0.480 e. The van der Waals surface area contributed by atoms with Gasteiger partial charge < -0.3 is 5.11 Å². The Bertz CT molecular complexity index is 327. The van der Waals surface area contributed by atoms with Gasteiger partial charge in [0, 0.05) is 11.5 Å². The maximum Gasteiger partial charge on any atom is 0.321 e. The smallest absolute Gasteiger partial charge is 0.321 e. The molecule has 0 radical (unpaired) electrons. The van der Waals surface area contributed by atoms with Crippen molar-refractivity contribution >= 4 is 17.7 Å². The molecule has 0 amide bonds. The van der Waals surface area contributed by atoms with Crippen LogP contribution in [0.5, 0.6) is 0 Å². The highest BCUT2D eigenvalue weighted by Gasteiger charge is 2.19. The third-order valence-corrected chi connectivity index (χ3v) is 3.38. The van der Waals surface area contributed by atoms with Crippen LogP contribution in [0.4, 0.5) is 0 Å². The first-order chi connectivity index (χ1) is 7.61. The number of nitrogens with zero attached hydrogens (tertiary/aromatic N) is 1. The number of likely N-dealkylation sites (N-methyl/N-ethyl adjacent to an activating group) is 1. The molecule has 0 aliphatic heterocycles. The lowest BCUT2D eigenvalue weighted by molar-refractivity contribution is -0.141. The second-order valence-electron chi connectivity index (χ2n) is 3.82. The highest BCUT2D eigenvalue weighted by atomic mass is 32.2. The topological polar surface area (TPSA) is 40.5 Å². The standard InChI is InChI=1S/C12H17NO2S/c1-13(2)11(12(14)15)9-16-8-10-6-4-3-5-7-10/h3-7,11H,8-9H2,1-2H3,(H,14,15)/t11-/m0/s1. The van der Waals surface area contributed by atoms with E-state index in [1.807, 2.05) is 18.2 Å². The van der Waals surface area contributed by atoms with E-state index < -0.39 is 12.0 Å². The van der Waals surface area contributed by atoms with Crippen molar-refractivity contribution in [2.75, 3.05) is 19.8 Å². The van der Waals surface area contributed by atoms with Crippen LogP contribution in [0.2, 0.25) is 0 Å². The number of hydrogen-bond acceptors (Lipinski definition) is 3. The van der Waals surface area contributed by atoms with Crippen molar-refractivity contribution in [2.45, 2.75) is 11.8 Å². The lowest BCUT2D eigenvalue weighted by Gasteiger charge is -2.19. The molecule has 1 aromatic rings. The number of aliphatic carboxylic acids is 1. The van der Waals surface area contributed by atoms with Gasteiger partial charge in [-0.15, -0.1) is 0 Å². The molecule has 0 aliphatic rings. The lowest BCUT2D eigenvalue weighted by Crippen LogP contribution is -2.37. The number of benzene rings is 1. The zero-order valence-corrected chi connectivity index (χ0v) is 10.4. The summed E-state index contributed by atoms with van der Waals surface area (Å²) in [7, 11) is 3.59. The molecule has 0 fully saturated rings. The first-order valence-corrected chi connectivity index (χ1v) is 6.27. The maximum absolute atomic E-state index is 10.9. The average molecular weight is 239 g/mol. The fraction of sp³-hybridized carbons (Fsp3) is 0.417. The van der Waals surface area contributed by atoms with E-state index in [0.29, 0.717) is 5.75 Å². The van der Waals surface area contributed by atoms with Crippen LogP contribution in [0.3, 0.4) is 0 Å². The molecule has 88 valence electrons. The Morgan fingerprint density at radius 3 is 2.50 bits per heavy atom. The van der Waals surface area contributed by atoms with Crippen LogP contribution >= 0.6 is 11.8 Å². The highest BCUT2D eigenvalue weighted by Crippen LogP contribution is 2.14. The summed E-state index contributed by atoms with van der Waals surface area (Å²) < 4.78 is 0. The second kappa shape index (κ2) is 6.55. The van der Waals surface area contributed by atoms with E-state index in [1.165, 1.54) is 5.56 Å². The number of thioether (sulfide) groups is 1. The number of rotatable bonds is 6. The maximum atomic E-state index is 10.9. The van der Waals surface area contributed by atoms with Gasteiger partial charge in [-0.25, -0.2) is 0 Å². The van der Waals surface area contributed by atoms with Crippen molar-refractivity contribution in [3.63, 3.8) is 0 Å². The predicted molar refractivity (Wildman–Crippen MR) is 67.7 cm³/mol. The van der Waals surface area contributed by atoms with E-state index in [2.05, 4.69) is 12.1 Å². The molecule has 1 N–H and O–H groups in total. The number of carbonyl (C=O) groups is 1. The summed E-state index contributed by atoms with van der Waals surface area (Å²) in [6.45, 7) is 0. The fourth-order valence-corrected chi connectivity index (χ4v) is 2.51. The average Bonchev–Trinajstić information content (AvgIpc) is 2.24. The molecular weight excluding hydrogens is 222 g/mol. The van der Waals surface area contributed by atoms with E-state index in [0.717, 1.165) is 5.75 Å². The SMILES string of the molecule is CN(C)[C@@H](CSCc1ccccc1)C(=O)O. The van der Waals surface area contributed by atoms with E-state index in [4.69, 9.17) is 5.11 Å². The van der Waals surface area contributed by atoms with E-state index >= 15 is 0 Å².